The van der Waals surface area contributed by atoms with Gasteiger partial charge < -0.3 is 19.5 Å². The fourth-order valence-electron chi connectivity index (χ4n) is 4.76. The van der Waals surface area contributed by atoms with Gasteiger partial charge in [-0.2, -0.15) is 0 Å². The van der Waals surface area contributed by atoms with Crippen LogP contribution in [-0.2, 0) is 14.4 Å². The summed E-state index contributed by atoms with van der Waals surface area (Å²) >= 11 is 5.73. The van der Waals surface area contributed by atoms with Gasteiger partial charge in [-0.1, -0.05) is 42.5 Å². The van der Waals surface area contributed by atoms with Gasteiger partial charge in [0.2, 0.25) is 0 Å². The lowest BCUT2D eigenvalue weighted by Crippen LogP contribution is -2.57. The van der Waals surface area contributed by atoms with Crippen LogP contribution in [0.25, 0.3) is 6.08 Å². The van der Waals surface area contributed by atoms with E-state index in [9.17, 15) is 14.4 Å². The molecule has 9 nitrogen and oxygen atoms in total. The maximum atomic E-state index is 13.9. The van der Waals surface area contributed by atoms with Crippen molar-refractivity contribution < 1.29 is 28.6 Å². The van der Waals surface area contributed by atoms with Crippen LogP contribution in [0.5, 0.6) is 17.2 Å². The number of hydrogen-bond acceptors (Lipinski definition) is 7. The predicted molar refractivity (Wildman–Crippen MR) is 178 cm³/mol. The Balaban J connectivity index is 1.44. The molecule has 4 aromatic rings. The standard InChI is InChI=1S/C35H31N3O6S/c1-22-14-16-26(18-23(22)2)38-34(41)27(33(40)37(35(38)45)25-10-6-5-7-11-25)19-24-15-17-30(31(20-24)43-4)44-21-32(39)36-28-12-8-9-13-29(28)42-3/h5-20H,21H2,1-4H3,(H,36,39)/b27-19+. The number of benzene rings is 4. The van der Waals surface area contributed by atoms with Crippen molar-refractivity contribution >= 4 is 58.2 Å². The Labute approximate surface area is 266 Å². The first-order valence-electron chi connectivity index (χ1n) is 14.0. The minimum Gasteiger partial charge on any atom is -0.495 e. The van der Waals surface area contributed by atoms with Crippen molar-refractivity contribution in [2.24, 2.45) is 0 Å². The summed E-state index contributed by atoms with van der Waals surface area (Å²) < 4.78 is 16.5. The number of anilines is 3. The quantitative estimate of drug-likeness (QED) is 0.137. The predicted octanol–water partition coefficient (Wildman–Crippen LogP) is 6.09. The van der Waals surface area contributed by atoms with E-state index < -0.39 is 17.7 Å². The molecule has 0 saturated carbocycles. The summed E-state index contributed by atoms with van der Waals surface area (Å²) in [5.41, 5.74) is 4.07. The van der Waals surface area contributed by atoms with Gasteiger partial charge in [0.15, 0.2) is 23.2 Å². The monoisotopic (exact) mass is 621 g/mol. The fourth-order valence-corrected chi connectivity index (χ4v) is 5.14. The van der Waals surface area contributed by atoms with Gasteiger partial charge in [0.05, 0.1) is 31.3 Å². The number of carbonyl (C=O) groups is 3. The van der Waals surface area contributed by atoms with Gasteiger partial charge >= 0.3 is 0 Å². The van der Waals surface area contributed by atoms with Gasteiger partial charge in [-0.3, -0.25) is 24.2 Å². The van der Waals surface area contributed by atoms with Crippen molar-refractivity contribution in [1.29, 1.82) is 0 Å². The fraction of sp³-hybridized carbons (Fsp3) is 0.143. The molecular weight excluding hydrogens is 590 g/mol. The Morgan fingerprint density at radius 3 is 2.11 bits per heavy atom. The second-order valence-corrected chi connectivity index (χ2v) is 10.5. The zero-order valence-corrected chi connectivity index (χ0v) is 26.0. The van der Waals surface area contributed by atoms with E-state index in [4.69, 9.17) is 26.4 Å². The van der Waals surface area contributed by atoms with Gasteiger partial charge in [0.25, 0.3) is 17.7 Å². The van der Waals surface area contributed by atoms with E-state index in [1.165, 1.54) is 30.1 Å². The van der Waals surface area contributed by atoms with Gasteiger partial charge in [-0.15, -0.1) is 0 Å². The van der Waals surface area contributed by atoms with Crippen LogP contribution in [0.15, 0.2) is 96.6 Å². The molecule has 0 aromatic heterocycles. The van der Waals surface area contributed by atoms with Crippen LogP contribution in [0.3, 0.4) is 0 Å². The van der Waals surface area contributed by atoms with Crippen molar-refractivity contribution in [3.8, 4) is 17.2 Å². The molecule has 10 heteroatoms. The lowest BCUT2D eigenvalue weighted by atomic mass is 10.0. The Bertz CT molecular complexity index is 1820. The molecule has 0 aliphatic carbocycles. The largest absolute Gasteiger partial charge is 0.495 e. The minimum absolute atomic E-state index is 0.0596. The van der Waals surface area contributed by atoms with E-state index >= 15 is 0 Å². The SMILES string of the molecule is COc1ccccc1NC(=O)COc1ccc(/C=C2\C(=O)N(c3ccccc3)C(=S)N(c3ccc(C)c(C)c3)C2=O)cc1OC. The van der Waals surface area contributed by atoms with Crippen LogP contribution in [0.4, 0.5) is 17.1 Å². The molecule has 0 spiro atoms. The summed E-state index contributed by atoms with van der Waals surface area (Å²) in [6.07, 6.45) is 1.50. The van der Waals surface area contributed by atoms with Crippen LogP contribution in [0.2, 0.25) is 0 Å². The Kier molecular flexibility index (Phi) is 9.25. The average Bonchev–Trinajstić information content (AvgIpc) is 3.04. The number of thiocarbonyl (C=S) groups is 1. The third-order valence-electron chi connectivity index (χ3n) is 7.25. The van der Waals surface area contributed by atoms with Gasteiger partial charge in [0, 0.05) is 0 Å². The number of rotatable bonds is 9. The number of methoxy groups -OCH3 is 2. The number of carbonyl (C=O) groups excluding carboxylic acids is 3. The topological polar surface area (TPSA) is 97.4 Å². The molecule has 0 atom stereocenters. The summed E-state index contributed by atoms with van der Waals surface area (Å²) in [6, 6.07) is 26.5. The van der Waals surface area contributed by atoms with E-state index in [-0.39, 0.29) is 17.3 Å². The molecule has 45 heavy (non-hydrogen) atoms. The lowest BCUT2D eigenvalue weighted by Gasteiger charge is -2.36. The molecule has 5 rings (SSSR count). The van der Waals surface area contributed by atoms with E-state index in [0.29, 0.717) is 39.9 Å². The molecule has 1 aliphatic heterocycles. The highest BCUT2D eigenvalue weighted by molar-refractivity contribution is 7.81. The molecule has 1 N–H and O–H groups in total. The van der Waals surface area contributed by atoms with Crippen molar-refractivity contribution in [2.45, 2.75) is 13.8 Å². The first-order valence-corrected chi connectivity index (χ1v) is 14.4. The van der Waals surface area contributed by atoms with Crippen LogP contribution in [0.1, 0.15) is 16.7 Å². The molecule has 1 aliphatic rings. The maximum absolute atomic E-state index is 13.9. The summed E-state index contributed by atoms with van der Waals surface area (Å²) in [6.45, 7) is 3.64. The highest BCUT2D eigenvalue weighted by Gasteiger charge is 2.41. The Morgan fingerprint density at radius 2 is 1.42 bits per heavy atom. The number of para-hydroxylation sites is 3. The first kappa shape index (κ1) is 31.0. The highest BCUT2D eigenvalue weighted by Crippen LogP contribution is 2.33. The third kappa shape index (κ3) is 6.56. The van der Waals surface area contributed by atoms with E-state index in [1.54, 1.807) is 66.7 Å². The number of nitrogens with one attached hydrogen (secondary N) is 1. The number of hydrogen-bond donors (Lipinski definition) is 1. The van der Waals surface area contributed by atoms with Gasteiger partial charge in [0.1, 0.15) is 11.3 Å². The van der Waals surface area contributed by atoms with Crippen molar-refractivity contribution in [2.75, 3.05) is 35.9 Å². The first-order chi connectivity index (χ1) is 21.7. The second kappa shape index (κ2) is 13.4. The molecule has 1 heterocycles. The molecule has 0 radical (unpaired) electrons. The minimum atomic E-state index is -0.552. The summed E-state index contributed by atoms with van der Waals surface area (Å²) in [7, 11) is 2.98. The van der Waals surface area contributed by atoms with Crippen LogP contribution in [0, 0.1) is 13.8 Å². The number of nitrogens with zero attached hydrogens (tertiary/aromatic N) is 2. The van der Waals surface area contributed by atoms with Crippen LogP contribution in [-0.4, -0.2) is 43.7 Å². The molecule has 228 valence electrons. The zero-order chi connectivity index (χ0) is 32.1. The summed E-state index contributed by atoms with van der Waals surface area (Å²) in [4.78, 5) is 43.1. The van der Waals surface area contributed by atoms with Crippen molar-refractivity contribution in [1.82, 2.24) is 0 Å². The number of amides is 3. The van der Waals surface area contributed by atoms with E-state index in [1.807, 2.05) is 38.1 Å². The molecule has 3 amide bonds. The number of ether oxygens (including phenoxy) is 3. The summed E-state index contributed by atoms with van der Waals surface area (Å²) in [5.74, 6) is -0.354. The van der Waals surface area contributed by atoms with Crippen LogP contribution >= 0.6 is 12.2 Å². The zero-order valence-electron chi connectivity index (χ0n) is 25.2. The van der Waals surface area contributed by atoms with Gasteiger partial charge in [-0.05, 0) is 97.4 Å². The number of aryl methyl sites for hydroxylation is 2. The molecular formula is C35H31N3O6S. The lowest BCUT2D eigenvalue weighted by molar-refractivity contribution is -0.121. The third-order valence-corrected chi connectivity index (χ3v) is 7.62. The smallest absolute Gasteiger partial charge is 0.270 e. The van der Waals surface area contributed by atoms with E-state index in [2.05, 4.69) is 5.32 Å². The summed E-state index contributed by atoms with van der Waals surface area (Å²) in [5, 5.41) is 2.82. The Morgan fingerprint density at radius 1 is 0.756 bits per heavy atom. The normalized spacial score (nSPS) is 14.0. The highest BCUT2D eigenvalue weighted by atomic mass is 32.1. The molecule has 0 bridgehead atoms. The molecule has 0 unspecified atom stereocenters. The van der Waals surface area contributed by atoms with Crippen LogP contribution < -0.4 is 29.3 Å². The average molecular weight is 622 g/mol. The maximum Gasteiger partial charge on any atom is 0.270 e. The van der Waals surface area contributed by atoms with Crippen molar-refractivity contribution in [3.63, 3.8) is 0 Å². The van der Waals surface area contributed by atoms with Gasteiger partial charge in [-0.25, -0.2) is 0 Å². The van der Waals surface area contributed by atoms with E-state index in [0.717, 1.165) is 11.1 Å². The molecule has 4 aromatic carbocycles. The Hall–Kier alpha value is -5.48. The molecule has 1 saturated heterocycles. The van der Waals surface area contributed by atoms with Crippen molar-refractivity contribution in [3.05, 3.63) is 113 Å². The second-order valence-electron chi connectivity index (χ2n) is 10.2. The molecule has 1 fully saturated rings.